The van der Waals surface area contributed by atoms with E-state index in [-0.39, 0.29) is 11.7 Å². The molecule has 0 saturated carbocycles. The molecule has 0 N–H and O–H groups in total. The number of nitrogens with zero attached hydrogens (tertiary/aromatic N) is 1. The van der Waals surface area contributed by atoms with Gasteiger partial charge in [-0.05, 0) is 58.1 Å². The van der Waals surface area contributed by atoms with Crippen LogP contribution in [-0.2, 0) is 12.8 Å². The molecule has 0 aromatic heterocycles. The second-order valence-electron chi connectivity index (χ2n) is 5.19. The van der Waals surface area contributed by atoms with Crippen molar-refractivity contribution < 1.29 is 9.18 Å². The SMILES string of the molecule is O=C(c1ccc(F)cc1Br)N1CCc2ccccc2CC1. The van der Waals surface area contributed by atoms with E-state index in [0.717, 1.165) is 12.8 Å². The molecular weight excluding hydrogens is 333 g/mol. The van der Waals surface area contributed by atoms with E-state index in [1.807, 2.05) is 17.0 Å². The van der Waals surface area contributed by atoms with E-state index in [2.05, 4.69) is 28.1 Å². The standard InChI is InChI=1S/C17H15BrFNO/c18-16-11-14(19)5-6-15(16)17(21)20-9-7-12-3-1-2-4-13(12)8-10-20/h1-6,11H,7-10H2. The van der Waals surface area contributed by atoms with Crippen molar-refractivity contribution >= 4 is 21.8 Å². The van der Waals surface area contributed by atoms with Crippen LogP contribution < -0.4 is 0 Å². The van der Waals surface area contributed by atoms with E-state index in [1.54, 1.807) is 6.07 Å². The normalized spacial score (nSPS) is 14.5. The number of carbonyl (C=O) groups excluding carboxylic acids is 1. The zero-order valence-electron chi connectivity index (χ0n) is 11.5. The van der Waals surface area contributed by atoms with Gasteiger partial charge in [0.1, 0.15) is 5.82 Å². The fraction of sp³-hybridized carbons (Fsp3) is 0.235. The van der Waals surface area contributed by atoms with Crippen LogP contribution in [0.1, 0.15) is 21.5 Å². The van der Waals surface area contributed by atoms with Crippen LogP contribution in [0.5, 0.6) is 0 Å². The van der Waals surface area contributed by atoms with Crippen LogP contribution in [0.15, 0.2) is 46.9 Å². The second kappa shape index (κ2) is 5.98. The predicted octanol–water partition coefficient (Wildman–Crippen LogP) is 3.83. The van der Waals surface area contributed by atoms with E-state index in [1.165, 1.54) is 23.3 Å². The van der Waals surface area contributed by atoms with Crippen molar-refractivity contribution in [2.75, 3.05) is 13.1 Å². The lowest BCUT2D eigenvalue weighted by molar-refractivity contribution is 0.0762. The fourth-order valence-electron chi connectivity index (χ4n) is 2.70. The van der Waals surface area contributed by atoms with E-state index in [9.17, 15) is 9.18 Å². The Morgan fingerprint density at radius 1 is 1.05 bits per heavy atom. The molecule has 0 unspecified atom stereocenters. The Morgan fingerprint density at radius 2 is 1.67 bits per heavy atom. The van der Waals surface area contributed by atoms with Gasteiger partial charge in [0.25, 0.3) is 5.91 Å². The quantitative estimate of drug-likeness (QED) is 0.767. The summed E-state index contributed by atoms with van der Waals surface area (Å²) in [6.07, 6.45) is 1.72. The van der Waals surface area contributed by atoms with Gasteiger partial charge in [0.2, 0.25) is 0 Å². The van der Waals surface area contributed by atoms with Crippen molar-refractivity contribution in [2.45, 2.75) is 12.8 Å². The molecule has 2 aromatic rings. The highest BCUT2D eigenvalue weighted by Gasteiger charge is 2.21. The number of amides is 1. The van der Waals surface area contributed by atoms with Gasteiger partial charge in [-0.25, -0.2) is 4.39 Å². The van der Waals surface area contributed by atoms with Crippen LogP contribution in [0.25, 0.3) is 0 Å². The third kappa shape index (κ3) is 3.00. The van der Waals surface area contributed by atoms with Crippen molar-refractivity contribution in [3.63, 3.8) is 0 Å². The van der Waals surface area contributed by atoms with E-state index >= 15 is 0 Å². The molecule has 0 bridgehead atoms. The summed E-state index contributed by atoms with van der Waals surface area (Å²) in [6.45, 7) is 1.39. The highest BCUT2D eigenvalue weighted by atomic mass is 79.9. The van der Waals surface area contributed by atoms with E-state index < -0.39 is 0 Å². The number of halogens is 2. The lowest BCUT2D eigenvalue weighted by Gasteiger charge is -2.21. The molecule has 1 amide bonds. The first kappa shape index (κ1) is 14.3. The molecule has 1 aliphatic heterocycles. The Labute approximate surface area is 131 Å². The van der Waals surface area contributed by atoms with Gasteiger partial charge in [0.15, 0.2) is 0 Å². The van der Waals surface area contributed by atoms with Crippen LogP contribution in [-0.4, -0.2) is 23.9 Å². The van der Waals surface area contributed by atoms with Crippen LogP contribution in [0.3, 0.4) is 0 Å². The van der Waals surface area contributed by atoms with Gasteiger partial charge in [0.05, 0.1) is 5.56 Å². The third-order valence-electron chi connectivity index (χ3n) is 3.87. The molecule has 21 heavy (non-hydrogen) atoms. The second-order valence-corrected chi connectivity index (χ2v) is 6.04. The highest BCUT2D eigenvalue weighted by Crippen LogP contribution is 2.22. The van der Waals surface area contributed by atoms with Crippen molar-refractivity contribution in [1.82, 2.24) is 4.90 Å². The number of rotatable bonds is 1. The van der Waals surface area contributed by atoms with Gasteiger partial charge >= 0.3 is 0 Å². The Morgan fingerprint density at radius 3 is 2.24 bits per heavy atom. The summed E-state index contributed by atoms with van der Waals surface area (Å²) in [5, 5.41) is 0. The van der Waals surface area contributed by atoms with Crippen LogP contribution >= 0.6 is 15.9 Å². The summed E-state index contributed by atoms with van der Waals surface area (Å²) < 4.78 is 13.7. The Balaban J connectivity index is 1.81. The van der Waals surface area contributed by atoms with Gasteiger partial charge in [-0.1, -0.05) is 24.3 Å². The Bertz CT molecular complexity index is 659. The van der Waals surface area contributed by atoms with Crippen molar-refractivity contribution in [2.24, 2.45) is 0 Å². The van der Waals surface area contributed by atoms with Gasteiger partial charge in [-0.2, -0.15) is 0 Å². The minimum absolute atomic E-state index is 0.0466. The van der Waals surface area contributed by atoms with Crippen molar-refractivity contribution in [3.05, 3.63) is 69.4 Å². The molecule has 1 aliphatic rings. The number of fused-ring (bicyclic) bond motifs is 1. The number of carbonyl (C=O) groups is 1. The monoisotopic (exact) mass is 347 g/mol. The molecular formula is C17H15BrFNO. The Hall–Kier alpha value is -1.68. The van der Waals surface area contributed by atoms with Crippen LogP contribution in [0.4, 0.5) is 4.39 Å². The zero-order chi connectivity index (χ0) is 14.8. The molecule has 4 heteroatoms. The lowest BCUT2D eigenvalue weighted by Crippen LogP contribution is -2.33. The maximum absolute atomic E-state index is 13.1. The van der Waals surface area contributed by atoms with Gasteiger partial charge in [0, 0.05) is 17.6 Å². The minimum Gasteiger partial charge on any atom is -0.338 e. The summed E-state index contributed by atoms with van der Waals surface area (Å²) in [5.74, 6) is -0.392. The molecule has 2 aromatic carbocycles. The third-order valence-corrected chi connectivity index (χ3v) is 4.53. The molecule has 0 atom stereocenters. The summed E-state index contributed by atoms with van der Waals surface area (Å²) in [4.78, 5) is 14.5. The molecule has 1 heterocycles. The predicted molar refractivity (Wildman–Crippen MR) is 83.9 cm³/mol. The summed E-state index contributed by atoms with van der Waals surface area (Å²) in [5.41, 5.74) is 3.14. The number of hydrogen-bond acceptors (Lipinski definition) is 1. The highest BCUT2D eigenvalue weighted by molar-refractivity contribution is 9.10. The van der Waals surface area contributed by atoms with E-state index in [0.29, 0.717) is 23.1 Å². The average Bonchev–Trinajstić information content (AvgIpc) is 2.69. The average molecular weight is 348 g/mol. The smallest absolute Gasteiger partial charge is 0.255 e. The first-order valence-corrected chi connectivity index (χ1v) is 7.75. The molecule has 0 radical (unpaired) electrons. The fourth-order valence-corrected chi connectivity index (χ4v) is 3.22. The summed E-state index contributed by atoms with van der Waals surface area (Å²) >= 11 is 3.27. The molecule has 0 aliphatic carbocycles. The molecule has 0 fully saturated rings. The molecule has 3 rings (SSSR count). The van der Waals surface area contributed by atoms with Crippen LogP contribution in [0, 0.1) is 5.82 Å². The van der Waals surface area contributed by atoms with E-state index in [4.69, 9.17) is 0 Å². The van der Waals surface area contributed by atoms with Crippen LogP contribution in [0.2, 0.25) is 0 Å². The molecule has 0 saturated heterocycles. The zero-order valence-corrected chi connectivity index (χ0v) is 13.1. The minimum atomic E-state index is -0.346. The van der Waals surface area contributed by atoms with Gasteiger partial charge in [-0.3, -0.25) is 4.79 Å². The first-order valence-electron chi connectivity index (χ1n) is 6.96. The summed E-state index contributed by atoms with van der Waals surface area (Å²) in [7, 11) is 0. The molecule has 108 valence electrons. The maximum atomic E-state index is 13.1. The number of hydrogen-bond donors (Lipinski definition) is 0. The largest absolute Gasteiger partial charge is 0.338 e. The topological polar surface area (TPSA) is 20.3 Å². The lowest BCUT2D eigenvalue weighted by atomic mass is 10.0. The Kier molecular flexibility index (Phi) is 4.06. The molecule has 2 nitrogen and oxygen atoms in total. The van der Waals surface area contributed by atoms with Gasteiger partial charge < -0.3 is 4.90 Å². The van der Waals surface area contributed by atoms with Crippen molar-refractivity contribution in [3.8, 4) is 0 Å². The van der Waals surface area contributed by atoms with Gasteiger partial charge in [-0.15, -0.1) is 0 Å². The molecule has 0 spiro atoms. The first-order chi connectivity index (χ1) is 10.1. The van der Waals surface area contributed by atoms with Crippen molar-refractivity contribution in [1.29, 1.82) is 0 Å². The maximum Gasteiger partial charge on any atom is 0.255 e. The summed E-state index contributed by atoms with van der Waals surface area (Å²) in [6, 6.07) is 12.5. The number of benzene rings is 2.